The van der Waals surface area contributed by atoms with Gasteiger partial charge in [0.15, 0.2) is 5.58 Å². The van der Waals surface area contributed by atoms with Crippen molar-refractivity contribution in [2.75, 3.05) is 5.32 Å². The van der Waals surface area contributed by atoms with Gasteiger partial charge in [0.2, 0.25) is 11.8 Å². The fraction of sp³-hybridized carbons (Fsp3) is 0. The molecule has 0 spiro atoms. The van der Waals surface area contributed by atoms with Gasteiger partial charge in [-0.1, -0.05) is 23.2 Å². The molecule has 0 bridgehead atoms. The number of hydrogen-bond acceptors (Lipinski definition) is 4. The smallest absolute Gasteiger partial charge is 0.248 e. The van der Waals surface area contributed by atoms with Crippen molar-refractivity contribution in [2.24, 2.45) is 0 Å². The molecule has 134 valence electrons. The third-order valence-corrected chi connectivity index (χ3v) is 4.25. The van der Waals surface area contributed by atoms with Crippen LogP contribution in [0.25, 0.3) is 28.6 Å². The predicted octanol–water partition coefficient (Wildman–Crippen LogP) is 6.05. The standard InChI is InChI=1S/C20H12Cl2N2O3/c21-13-10-16(22)19-17(11-13)24-20(27-19)12-3-5-14(6-4-12)23-18(25)8-7-15-2-1-9-26-15/h1-11H,(H,23,25). The second-order valence-electron chi connectivity index (χ2n) is 5.67. The highest BCUT2D eigenvalue weighted by atomic mass is 35.5. The first-order chi connectivity index (χ1) is 13.1. The van der Waals surface area contributed by atoms with Gasteiger partial charge >= 0.3 is 0 Å². The Bertz CT molecular complexity index is 1130. The molecular weight excluding hydrogens is 387 g/mol. The largest absolute Gasteiger partial charge is 0.465 e. The topological polar surface area (TPSA) is 68.3 Å². The zero-order valence-corrected chi connectivity index (χ0v) is 15.3. The van der Waals surface area contributed by atoms with E-state index in [1.54, 1.807) is 60.9 Å². The maximum absolute atomic E-state index is 12.0. The molecule has 27 heavy (non-hydrogen) atoms. The molecule has 0 fully saturated rings. The Balaban J connectivity index is 1.50. The molecule has 0 aliphatic carbocycles. The number of carbonyl (C=O) groups excluding carboxylic acids is 1. The lowest BCUT2D eigenvalue weighted by atomic mass is 10.2. The van der Waals surface area contributed by atoms with Crippen molar-refractivity contribution >= 4 is 52.0 Å². The average molecular weight is 399 g/mol. The van der Waals surface area contributed by atoms with Crippen LogP contribution in [0.4, 0.5) is 5.69 Å². The second-order valence-corrected chi connectivity index (χ2v) is 6.51. The Kier molecular flexibility index (Phi) is 4.71. The van der Waals surface area contributed by atoms with E-state index in [9.17, 15) is 4.79 Å². The molecule has 2 aromatic carbocycles. The zero-order chi connectivity index (χ0) is 18.8. The lowest BCUT2D eigenvalue weighted by Crippen LogP contribution is -2.07. The van der Waals surface area contributed by atoms with E-state index in [0.29, 0.717) is 38.5 Å². The van der Waals surface area contributed by atoms with E-state index in [-0.39, 0.29) is 5.91 Å². The summed E-state index contributed by atoms with van der Waals surface area (Å²) in [4.78, 5) is 16.4. The van der Waals surface area contributed by atoms with Crippen LogP contribution in [0.3, 0.4) is 0 Å². The van der Waals surface area contributed by atoms with Gasteiger partial charge in [0.25, 0.3) is 0 Å². The summed E-state index contributed by atoms with van der Waals surface area (Å²) in [6, 6.07) is 13.9. The van der Waals surface area contributed by atoms with Crippen LogP contribution in [0.15, 0.2) is 69.7 Å². The summed E-state index contributed by atoms with van der Waals surface area (Å²) >= 11 is 12.1. The number of amides is 1. The normalized spacial score (nSPS) is 11.3. The fourth-order valence-electron chi connectivity index (χ4n) is 2.51. The summed E-state index contributed by atoms with van der Waals surface area (Å²) < 4.78 is 10.9. The van der Waals surface area contributed by atoms with Crippen LogP contribution in [0.1, 0.15) is 5.76 Å². The molecule has 2 heterocycles. The highest BCUT2D eigenvalue weighted by Crippen LogP contribution is 2.32. The Morgan fingerprint density at radius 1 is 1.11 bits per heavy atom. The number of oxazole rings is 1. The van der Waals surface area contributed by atoms with Gasteiger partial charge < -0.3 is 14.2 Å². The number of rotatable bonds is 4. The Labute approximate surface area is 164 Å². The lowest BCUT2D eigenvalue weighted by molar-refractivity contribution is -0.111. The minimum absolute atomic E-state index is 0.262. The van der Waals surface area contributed by atoms with Crippen molar-refractivity contribution in [3.63, 3.8) is 0 Å². The molecule has 0 saturated heterocycles. The molecule has 0 aliphatic heterocycles. The predicted molar refractivity (Wildman–Crippen MR) is 106 cm³/mol. The maximum atomic E-state index is 12.0. The van der Waals surface area contributed by atoms with Crippen molar-refractivity contribution < 1.29 is 13.6 Å². The third-order valence-electron chi connectivity index (χ3n) is 3.75. The van der Waals surface area contributed by atoms with Crippen molar-refractivity contribution in [2.45, 2.75) is 0 Å². The quantitative estimate of drug-likeness (QED) is 0.425. The second kappa shape index (κ2) is 7.31. The van der Waals surface area contributed by atoms with E-state index in [1.807, 2.05) is 0 Å². The number of aromatic nitrogens is 1. The highest BCUT2D eigenvalue weighted by Gasteiger charge is 2.12. The average Bonchev–Trinajstić information content (AvgIpc) is 3.30. The lowest BCUT2D eigenvalue weighted by Gasteiger charge is -2.02. The van der Waals surface area contributed by atoms with Gasteiger partial charge in [0.1, 0.15) is 11.3 Å². The summed E-state index contributed by atoms with van der Waals surface area (Å²) in [5.74, 6) is 0.766. The van der Waals surface area contributed by atoms with Crippen LogP contribution >= 0.6 is 23.2 Å². The molecule has 0 saturated carbocycles. The summed E-state index contributed by atoms with van der Waals surface area (Å²) in [6.07, 6.45) is 4.54. The van der Waals surface area contributed by atoms with E-state index >= 15 is 0 Å². The van der Waals surface area contributed by atoms with E-state index in [2.05, 4.69) is 10.3 Å². The third kappa shape index (κ3) is 3.89. The van der Waals surface area contributed by atoms with Crippen LogP contribution in [0, 0.1) is 0 Å². The number of halogens is 2. The summed E-state index contributed by atoms with van der Waals surface area (Å²) in [6.45, 7) is 0. The molecule has 0 radical (unpaired) electrons. The number of furan rings is 1. The summed E-state index contributed by atoms with van der Waals surface area (Å²) in [7, 11) is 0. The molecular formula is C20H12Cl2N2O3. The van der Waals surface area contributed by atoms with Gasteiger partial charge in [-0.3, -0.25) is 4.79 Å². The first-order valence-corrected chi connectivity index (χ1v) is 8.73. The Hall–Kier alpha value is -3.02. The van der Waals surface area contributed by atoms with E-state index in [1.165, 1.54) is 6.08 Å². The number of nitrogens with one attached hydrogen (secondary N) is 1. The molecule has 2 aromatic heterocycles. The van der Waals surface area contributed by atoms with E-state index in [4.69, 9.17) is 32.0 Å². The molecule has 5 nitrogen and oxygen atoms in total. The molecule has 4 aromatic rings. The Morgan fingerprint density at radius 2 is 1.93 bits per heavy atom. The first kappa shape index (κ1) is 17.4. The fourth-order valence-corrected chi connectivity index (χ4v) is 3.03. The van der Waals surface area contributed by atoms with Crippen molar-refractivity contribution in [1.29, 1.82) is 0 Å². The van der Waals surface area contributed by atoms with Gasteiger partial charge in [-0.05, 0) is 54.6 Å². The van der Waals surface area contributed by atoms with E-state index in [0.717, 1.165) is 5.56 Å². The minimum Gasteiger partial charge on any atom is -0.465 e. The number of anilines is 1. The number of fused-ring (bicyclic) bond motifs is 1. The molecule has 0 unspecified atom stereocenters. The van der Waals surface area contributed by atoms with Crippen LogP contribution in [0.5, 0.6) is 0 Å². The van der Waals surface area contributed by atoms with Gasteiger partial charge in [-0.2, -0.15) is 0 Å². The monoisotopic (exact) mass is 398 g/mol. The molecule has 1 amide bonds. The van der Waals surface area contributed by atoms with Crippen LogP contribution in [-0.4, -0.2) is 10.9 Å². The molecule has 7 heteroatoms. The first-order valence-electron chi connectivity index (χ1n) is 7.97. The number of benzene rings is 2. The molecule has 0 aliphatic rings. The minimum atomic E-state index is -0.262. The molecule has 1 N–H and O–H groups in total. The van der Waals surface area contributed by atoms with Crippen LogP contribution in [0.2, 0.25) is 10.0 Å². The molecule has 0 atom stereocenters. The van der Waals surface area contributed by atoms with Crippen molar-refractivity contribution in [3.05, 3.63) is 76.7 Å². The Morgan fingerprint density at radius 3 is 2.67 bits per heavy atom. The highest BCUT2D eigenvalue weighted by molar-refractivity contribution is 6.38. The molecule has 4 rings (SSSR count). The number of hydrogen-bond donors (Lipinski definition) is 1. The van der Waals surface area contributed by atoms with Crippen LogP contribution < -0.4 is 5.32 Å². The maximum Gasteiger partial charge on any atom is 0.248 e. The van der Waals surface area contributed by atoms with Gasteiger partial charge in [-0.15, -0.1) is 0 Å². The van der Waals surface area contributed by atoms with Crippen molar-refractivity contribution in [3.8, 4) is 11.5 Å². The number of carbonyl (C=O) groups is 1. The van der Waals surface area contributed by atoms with Gasteiger partial charge in [-0.25, -0.2) is 4.98 Å². The SMILES string of the molecule is O=C(C=Cc1ccco1)Nc1ccc(-c2nc3cc(Cl)cc(Cl)c3o2)cc1. The van der Waals surface area contributed by atoms with Crippen LogP contribution in [-0.2, 0) is 4.79 Å². The van der Waals surface area contributed by atoms with Gasteiger partial charge in [0, 0.05) is 22.3 Å². The van der Waals surface area contributed by atoms with Crippen molar-refractivity contribution in [1.82, 2.24) is 4.98 Å². The van der Waals surface area contributed by atoms with Gasteiger partial charge in [0.05, 0.1) is 11.3 Å². The van der Waals surface area contributed by atoms with E-state index < -0.39 is 0 Å². The zero-order valence-electron chi connectivity index (χ0n) is 13.8. The number of nitrogens with zero attached hydrogens (tertiary/aromatic N) is 1. The summed E-state index contributed by atoms with van der Waals surface area (Å²) in [5.41, 5.74) is 2.46. The summed E-state index contributed by atoms with van der Waals surface area (Å²) in [5, 5.41) is 3.67.